The van der Waals surface area contributed by atoms with Crippen LogP contribution in [0.15, 0.2) is 23.6 Å². The Morgan fingerprint density at radius 2 is 2.19 bits per heavy atom. The van der Waals surface area contributed by atoms with Crippen LogP contribution in [0.4, 0.5) is 0 Å². The van der Waals surface area contributed by atoms with E-state index in [1.165, 1.54) is 29.1 Å². The monoisotopic (exact) mass is 302 g/mol. The van der Waals surface area contributed by atoms with Crippen LogP contribution >= 0.6 is 11.3 Å². The molecule has 1 aliphatic carbocycles. The summed E-state index contributed by atoms with van der Waals surface area (Å²) in [4.78, 5) is 4.71. The summed E-state index contributed by atoms with van der Waals surface area (Å²) in [7, 11) is 0. The first-order valence-electron chi connectivity index (χ1n) is 7.37. The molecular weight excluding hydrogens is 284 g/mol. The number of benzene rings is 1. The van der Waals surface area contributed by atoms with E-state index in [2.05, 4.69) is 29.8 Å². The SMILES string of the molecule is CC(NCc1nc(C2CC2)cs1)c1ccc2c(c1)OCO2. The van der Waals surface area contributed by atoms with Crippen LogP contribution in [-0.4, -0.2) is 11.8 Å². The second-order valence-electron chi connectivity index (χ2n) is 5.66. The third-order valence-electron chi connectivity index (χ3n) is 4.02. The molecule has 4 rings (SSSR count). The number of thiazole rings is 1. The van der Waals surface area contributed by atoms with Gasteiger partial charge in [0.25, 0.3) is 0 Å². The molecule has 0 saturated heterocycles. The van der Waals surface area contributed by atoms with Crippen molar-refractivity contribution >= 4 is 11.3 Å². The van der Waals surface area contributed by atoms with Gasteiger partial charge in [0, 0.05) is 23.9 Å². The number of hydrogen-bond acceptors (Lipinski definition) is 5. The highest BCUT2D eigenvalue weighted by molar-refractivity contribution is 7.09. The summed E-state index contributed by atoms with van der Waals surface area (Å²) in [5.41, 5.74) is 2.49. The summed E-state index contributed by atoms with van der Waals surface area (Å²) in [6.07, 6.45) is 2.62. The minimum absolute atomic E-state index is 0.257. The molecule has 21 heavy (non-hydrogen) atoms. The van der Waals surface area contributed by atoms with Crippen molar-refractivity contribution < 1.29 is 9.47 Å². The summed E-state index contributed by atoms with van der Waals surface area (Å²) >= 11 is 1.76. The van der Waals surface area contributed by atoms with Crippen molar-refractivity contribution in [3.05, 3.63) is 39.8 Å². The Kier molecular flexibility index (Phi) is 3.31. The molecule has 110 valence electrons. The van der Waals surface area contributed by atoms with Gasteiger partial charge in [-0.2, -0.15) is 0 Å². The second kappa shape index (κ2) is 5.31. The summed E-state index contributed by atoms with van der Waals surface area (Å²) in [6.45, 7) is 3.30. The van der Waals surface area contributed by atoms with Gasteiger partial charge < -0.3 is 14.8 Å². The lowest BCUT2D eigenvalue weighted by Crippen LogP contribution is -2.18. The normalized spacial score (nSPS) is 18.0. The topological polar surface area (TPSA) is 43.4 Å². The number of aromatic nitrogens is 1. The highest BCUT2D eigenvalue weighted by Crippen LogP contribution is 2.40. The number of ether oxygens (including phenoxy) is 2. The van der Waals surface area contributed by atoms with Gasteiger partial charge in [-0.1, -0.05) is 6.07 Å². The minimum atomic E-state index is 0.257. The van der Waals surface area contributed by atoms with Crippen molar-refractivity contribution in [2.75, 3.05) is 6.79 Å². The molecule has 1 aliphatic heterocycles. The molecule has 1 atom stereocenters. The van der Waals surface area contributed by atoms with Crippen LogP contribution in [0.3, 0.4) is 0 Å². The van der Waals surface area contributed by atoms with Gasteiger partial charge in [-0.3, -0.25) is 0 Å². The van der Waals surface area contributed by atoms with E-state index in [0.29, 0.717) is 6.79 Å². The summed E-state index contributed by atoms with van der Waals surface area (Å²) in [6, 6.07) is 6.37. The van der Waals surface area contributed by atoms with Gasteiger partial charge in [-0.05, 0) is 37.5 Å². The summed E-state index contributed by atoms with van der Waals surface area (Å²) < 4.78 is 10.8. The Hall–Kier alpha value is -1.59. The Labute approximate surface area is 128 Å². The molecule has 0 radical (unpaired) electrons. The van der Waals surface area contributed by atoms with Crippen molar-refractivity contribution in [1.82, 2.24) is 10.3 Å². The fourth-order valence-electron chi connectivity index (χ4n) is 2.51. The lowest BCUT2D eigenvalue weighted by Gasteiger charge is -2.13. The summed E-state index contributed by atoms with van der Waals surface area (Å²) in [5, 5.41) is 6.91. The molecule has 4 nitrogen and oxygen atoms in total. The van der Waals surface area contributed by atoms with Crippen LogP contribution in [0.5, 0.6) is 11.5 Å². The van der Waals surface area contributed by atoms with Gasteiger partial charge >= 0.3 is 0 Å². The molecule has 1 saturated carbocycles. The summed E-state index contributed by atoms with van der Waals surface area (Å²) in [5.74, 6) is 2.41. The van der Waals surface area contributed by atoms with Gasteiger partial charge in [-0.15, -0.1) is 11.3 Å². The van der Waals surface area contributed by atoms with E-state index in [1.807, 2.05) is 6.07 Å². The first-order valence-corrected chi connectivity index (χ1v) is 8.25. The molecule has 0 amide bonds. The Bertz CT molecular complexity index is 651. The smallest absolute Gasteiger partial charge is 0.231 e. The molecule has 0 spiro atoms. The number of rotatable bonds is 5. The minimum Gasteiger partial charge on any atom is -0.454 e. The lowest BCUT2D eigenvalue weighted by molar-refractivity contribution is 0.174. The standard InChI is InChI=1S/C16H18N2O2S/c1-10(12-4-5-14-15(6-12)20-9-19-14)17-7-16-18-13(8-21-16)11-2-3-11/h4-6,8,10-11,17H,2-3,7,9H2,1H3. The predicted molar refractivity (Wildman–Crippen MR) is 81.9 cm³/mol. The van der Waals surface area contributed by atoms with Gasteiger partial charge in [-0.25, -0.2) is 4.98 Å². The van der Waals surface area contributed by atoms with E-state index in [0.717, 1.165) is 24.0 Å². The Morgan fingerprint density at radius 1 is 1.33 bits per heavy atom. The lowest BCUT2D eigenvalue weighted by atomic mass is 10.1. The van der Waals surface area contributed by atoms with E-state index in [9.17, 15) is 0 Å². The van der Waals surface area contributed by atoms with Crippen LogP contribution in [0, 0.1) is 0 Å². The molecular formula is C16H18N2O2S. The number of nitrogens with one attached hydrogen (secondary N) is 1. The average molecular weight is 302 g/mol. The molecule has 1 fully saturated rings. The highest BCUT2D eigenvalue weighted by Gasteiger charge is 2.26. The molecule has 5 heteroatoms. The van der Waals surface area contributed by atoms with E-state index >= 15 is 0 Å². The van der Waals surface area contributed by atoms with E-state index in [-0.39, 0.29) is 6.04 Å². The molecule has 0 bridgehead atoms. The average Bonchev–Trinajstić information content (AvgIpc) is 3.07. The number of nitrogens with zero attached hydrogens (tertiary/aromatic N) is 1. The van der Waals surface area contributed by atoms with E-state index in [4.69, 9.17) is 14.5 Å². The molecule has 2 aliphatic rings. The van der Waals surface area contributed by atoms with Gasteiger partial charge in [0.2, 0.25) is 6.79 Å². The van der Waals surface area contributed by atoms with Crippen LogP contribution < -0.4 is 14.8 Å². The zero-order valence-corrected chi connectivity index (χ0v) is 12.8. The number of hydrogen-bond donors (Lipinski definition) is 1. The molecule has 1 aromatic carbocycles. The first-order chi connectivity index (χ1) is 10.3. The quantitative estimate of drug-likeness (QED) is 0.916. The second-order valence-corrected chi connectivity index (χ2v) is 6.60. The zero-order valence-electron chi connectivity index (χ0n) is 12.0. The van der Waals surface area contributed by atoms with Crippen LogP contribution in [0.1, 0.15) is 48.0 Å². The number of fused-ring (bicyclic) bond motifs is 1. The third-order valence-corrected chi connectivity index (χ3v) is 4.89. The third kappa shape index (κ3) is 2.76. The van der Waals surface area contributed by atoms with Gasteiger partial charge in [0.15, 0.2) is 11.5 Å². The molecule has 1 aromatic heterocycles. The molecule has 1 unspecified atom stereocenters. The van der Waals surface area contributed by atoms with E-state index in [1.54, 1.807) is 11.3 Å². The maximum Gasteiger partial charge on any atom is 0.231 e. The van der Waals surface area contributed by atoms with Crippen molar-refractivity contribution in [3.63, 3.8) is 0 Å². The maximum absolute atomic E-state index is 5.43. The first kappa shape index (κ1) is 13.1. The van der Waals surface area contributed by atoms with Crippen LogP contribution in [0.25, 0.3) is 0 Å². The Morgan fingerprint density at radius 3 is 3.05 bits per heavy atom. The molecule has 2 heterocycles. The Balaban J connectivity index is 1.39. The zero-order chi connectivity index (χ0) is 14.2. The maximum atomic E-state index is 5.43. The van der Waals surface area contributed by atoms with E-state index < -0.39 is 0 Å². The van der Waals surface area contributed by atoms with Crippen LogP contribution in [-0.2, 0) is 6.54 Å². The fourth-order valence-corrected chi connectivity index (χ4v) is 3.34. The fraction of sp³-hybridized carbons (Fsp3) is 0.438. The molecule has 1 N–H and O–H groups in total. The largest absolute Gasteiger partial charge is 0.454 e. The van der Waals surface area contributed by atoms with Gasteiger partial charge in [0.05, 0.1) is 5.69 Å². The molecule has 2 aromatic rings. The van der Waals surface area contributed by atoms with Crippen molar-refractivity contribution in [3.8, 4) is 11.5 Å². The predicted octanol–water partition coefficient (Wildman–Crippen LogP) is 3.60. The van der Waals surface area contributed by atoms with Crippen molar-refractivity contribution in [2.45, 2.75) is 38.3 Å². The van der Waals surface area contributed by atoms with Crippen LogP contribution in [0.2, 0.25) is 0 Å². The van der Waals surface area contributed by atoms with Crippen molar-refractivity contribution in [1.29, 1.82) is 0 Å². The van der Waals surface area contributed by atoms with Gasteiger partial charge in [0.1, 0.15) is 5.01 Å². The highest BCUT2D eigenvalue weighted by atomic mass is 32.1. The van der Waals surface area contributed by atoms with Crippen molar-refractivity contribution in [2.24, 2.45) is 0 Å².